The van der Waals surface area contributed by atoms with E-state index in [2.05, 4.69) is 0 Å². The van der Waals surface area contributed by atoms with E-state index in [0.717, 1.165) is 13.8 Å². The van der Waals surface area contributed by atoms with E-state index in [9.17, 15) is 0 Å². The van der Waals surface area contributed by atoms with Gasteiger partial charge in [-0.15, -0.1) is 0 Å². The summed E-state index contributed by atoms with van der Waals surface area (Å²) >= 11 is 0. The fourth-order valence-corrected chi connectivity index (χ4v) is 0.732. The van der Waals surface area contributed by atoms with Gasteiger partial charge in [0, 0.05) is 13.8 Å². The van der Waals surface area contributed by atoms with Crippen molar-refractivity contribution >= 4 is 11.9 Å². The van der Waals surface area contributed by atoms with Crippen LogP contribution in [0, 0.1) is 0 Å². The lowest BCUT2D eigenvalue weighted by atomic mass is 10.4. The Morgan fingerprint density at radius 3 is 1.42 bits per heavy atom. The molecule has 0 aromatic carbocycles. The van der Waals surface area contributed by atoms with E-state index in [0.29, 0.717) is 11.5 Å². The van der Waals surface area contributed by atoms with Crippen LogP contribution in [0.25, 0.3) is 0 Å². The Morgan fingerprint density at radius 2 is 1.21 bits per heavy atom. The molecular formula is C12H18O7. The smallest absolute Gasteiger partial charge is 0.300 e. The quantitative estimate of drug-likeness (QED) is 0.578. The molecule has 1 rings (SSSR count). The summed E-state index contributed by atoms with van der Waals surface area (Å²) in [4.78, 5) is 18.0. The first-order valence-electron chi connectivity index (χ1n) is 5.18. The first kappa shape index (κ1) is 19.2. The standard InChI is InChI=1S/C8H10O3.2C2H4O2/c9-5-7-3-1-2-4-8(6-10)11-7;2*1-2(3)4/h1-4,9-10H,5-6H2;2*1H3,(H,3,4). The topological polar surface area (TPSA) is 124 Å². The Morgan fingerprint density at radius 1 is 0.947 bits per heavy atom. The van der Waals surface area contributed by atoms with Crippen LogP contribution < -0.4 is 0 Å². The number of aliphatic carboxylic acids is 2. The van der Waals surface area contributed by atoms with Gasteiger partial charge >= 0.3 is 0 Å². The van der Waals surface area contributed by atoms with Crippen LogP contribution in [0.15, 0.2) is 35.8 Å². The Balaban J connectivity index is 0. The molecule has 7 nitrogen and oxygen atoms in total. The van der Waals surface area contributed by atoms with Crippen molar-refractivity contribution in [3.05, 3.63) is 35.8 Å². The number of carboxylic acids is 2. The molecule has 0 saturated carbocycles. The largest absolute Gasteiger partial charge is 0.481 e. The highest BCUT2D eigenvalue weighted by atomic mass is 16.5. The van der Waals surface area contributed by atoms with Crippen LogP contribution in [0.5, 0.6) is 0 Å². The summed E-state index contributed by atoms with van der Waals surface area (Å²) in [5, 5.41) is 32.2. The number of hydrogen-bond donors (Lipinski definition) is 4. The van der Waals surface area contributed by atoms with E-state index < -0.39 is 11.9 Å². The normalized spacial score (nSPS) is 12.2. The highest BCUT2D eigenvalue weighted by Gasteiger charge is 2.01. The zero-order valence-corrected chi connectivity index (χ0v) is 10.7. The third kappa shape index (κ3) is 18.4. The molecule has 1 aliphatic heterocycles. The van der Waals surface area contributed by atoms with Gasteiger partial charge in [0.05, 0.1) is 0 Å². The second-order valence-corrected chi connectivity index (χ2v) is 3.11. The molecule has 0 atom stereocenters. The Labute approximate surface area is 110 Å². The van der Waals surface area contributed by atoms with Gasteiger partial charge in [0.25, 0.3) is 11.9 Å². The molecule has 7 heteroatoms. The number of ether oxygens (including phenoxy) is 1. The fourth-order valence-electron chi connectivity index (χ4n) is 0.732. The molecule has 0 amide bonds. The Hall–Kier alpha value is -2.12. The second kappa shape index (κ2) is 12.3. The molecule has 1 aliphatic rings. The van der Waals surface area contributed by atoms with E-state index in [1.165, 1.54) is 0 Å². The van der Waals surface area contributed by atoms with E-state index >= 15 is 0 Å². The van der Waals surface area contributed by atoms with Crippen molar-refractivity contribution in [2.45, 2.75) is 13.8 Å². The summed E-state index contributed by atoms with van der Waals surface area (Å²) in [6, 6.07) is 0. The summed E-state index contributed by atoms with van der Waals surface area (Å²) in [6.45, 7) is 1.86. The molecule has 0 aromatic rings. The third-order valence-corrected chi connectivity index (χ3v) is 1.25. The predicted octanol–water partition coefficient (Wildman–Crippen LogP) is 0.507. The van der Waals surface area contributed by atoms with Gasteiger partial charge in [-0.05, 0) is 12.2 Å². The first-order valence-corrected chi connectivity index (χ1v) is 5.18. The maximum Gasteiger partial charge on any atom is 0.300 e. The molecule has 0 fully saturated rings. The molecule has 0 bridgehead atoms. The van der Waals surface area contributed by atoms with E-state index in [1.54, 1.807) is 24.3 Å². The van der Waals surface area contributed by atoms with Gasteiger partial charge < -0.3 is 25.2 Å². The van der Waals surface area contributed by atoms with Gasteiger partial charge in [0.1, 0.15) is 24.7 Å². The van der Waals surface area contributed by atoms with Crippen molar-refractivity contribution in [1.82, 2.24) is 0 Å². The first-order chi connectivity index (χ1) is 8.83. The minimum Gasteiger partial charge on any atom is -0.481 e. The van der Waals surface area contributed by atoms with Crippen LogP contribution in [-0.4, -0.2) is 45.6 Å². The summed E-state index contributed by atoms with van der Waals surface area (Å²) in [6.07, 6.45) is 6.79. The molecule has 4 N–H and O–H groups in total. The van der Waals surface area contributed by atoms with E-state index in [1.807, 2.05) is 0 Å². The van der Waals surface area contributed by atoms with Crippen LogP contribution in [0.2, 0.25) is 0 Å². The van der Waals surface area contributed by atoms with Crippen LogP contribution in [0.3, 0.4) is 0 Å². The SMILES string of the molecule is CC(=O)O.CC(=O)O.OCC1=CC=CC=C(CO)O1. The molecular weight excluding hydrogens is 256 g/mol. The highest BCUT2D eigenvalue weighted by molar-refractivity contribution is 5.63. The maximum atomic E-state index is 9.00. The summed E-state index contributed by atoms with van der Waals surface area (Å²) < 4.78 is 5.07. The van der Waals surface area contributed by atoms with Gasteiger partial charge in [-0.2, -0.15) is 0 Å². The van der Waals surface area contributed by atoms with Crippen molar-refractivity contribution in [2.75, 3.05) is 13.2 Å². The average molecular weight is 274 g/mol. The number of aliphatic hydroxyl groups excluding tert-OH is 2. The molecule has 0 aromatic heterocycles. The number of hydrogen-bond acceptors (Lipinski definition) is 5. The van der Waals surface area contributed by atoms with Crippen molar-refractivity contribution in [3.63, 3.8) is 0 Å². The van der Waals surface area contributed by atoms with E-state index in [4.69, 9.17) is 34.8 Å². The number of aliphatic hydroxyl groups is 2. The molecule has 0 radical (unpaired) electrons. The summed E-state index contributed by atoms with van der Waals surface area (Å²) in [7, 11) is 0. The lowest BCUT2D eigenvalue weighted by Gasteiger charge is -2.06. The fraction of sp³-hybridized carbons (Fsp3) is 0.333. The van der Waals surface area contributed by atoms with Crippen LogP contribution in [-0.2, 0) is 14.3 Å². The highest BCUT2D eigenvalue weighted by Crippen LogP contribution is 2.08. The van der Waals surface area contributed by atoms with Crippen molar-refractivity contribution in [3.8, 4) is 0 Å². The van der Waals surface area contributed by atoms with Crippen molar-refractivity contribution in [2.24, 2.45) is 0 Å². The lowest BCUT2D eigenvalue weighted by Crippen LogP contribution is -1.99. The van der Waals surface area contributed by atoms with Gasteiger partial charge in [-0.25, -0.2) is 0 Å². The third-order valence-electron chi connectivity index (χ3n) is 1.25. The van der Waals surface area contributed by atoms with Gasteiger partial charge in [-0.3, -0.25) is 9.59 Å². The molecule has 19 heavy (non-hydrogen) atoms. The number of allylic oxidation sites excluding steroid dienone is 4. The summed E-state index contributed by atoms with van der Waals surface area (Å²) in [5.74, 6) is -0.780. The maximum absolute atomic E-state index is 9.00. The zero-order valence-electron chi connectivity index (χ0n) is 10.7. The van der Waals surface area contributed by atoms with Crippen LogP contribution >= 0.6 is 0 Å². The number of carbonyl (C=O) groups is 2. The molecule has 0 saturated heterocycles. The molecule has 1 heterocycles. The van der Waals surface area contributed by atoms with Crippen LogP contribution in [0.1, 0.15) is 13.8 Å². The van der Waals surface area contributed by atoms with Gasteiger partial charge in [0.2, 0.25) is 0 Å². The number of rotatable bonds is 2. The Kier molecular flexibility index (Phi) is 12.5. The molecule has 0 aliphatic carbocycles. The van der Waals surface area contributed by atoms with Crippen molar-refractivity contribution < 1.29 is 34.8 Å². The van der Waals surface area contributed by atoms with Gasteiger partial charge in [0.15, 0.2) is 0 Å². The molecule has 108 valence electrons. The lowest BCUT2D eigenvalue weighted by molar-refractivity contribution is -0.135. The van der Waals surface area contributed by atoms with E-state index in [-0.39, 0.29) is 13.2 Å². The van der Waals surface area contributed by atoms with Crippen LogP contribution in [0.4, 0.5) is 0 Å². The molecule has 0 spiro atoms. The monoisotopic (exact) mass is 274 g/mol. The zero-order chi connectivity index (χ0) is 15.3. The van der Waals surface area contributed by atoms with Gasteiger partial charge in [-0.1, -0.05) is 12.2 Å². The predicted molar refractivity (Wildman–Crippen MR) is 67.2 cm³/mol. The molecule has 0 unspecified atom stereocenters. The minimum absolute atomic E-state index is 0.151. The summed E-state index contributed by atoms with van der Waals surface area (Å²) in [5.41, 5.74) is 0. The Bertz CT molecular complexity index is 324. The van der Waals surface area contributed by atoms with Crippen molar-refractivity contribution in [1.29, 1.82) is 0 Å². The minimum atomic E-state index is -0.833. The average Bonchev–Trinajstić information content (AvgIpc) is 2.52. The number of carboxylic acid groups (broad SMARTS) is 2. The second-order valence-electron chi connectivity index (χ2n) is 3.11.